The van der Waals surface area contributed by atoms with E-state index < -0.39 is 5.97 Å². The van der Waals surface area contributed by atoms with E-state index in [0.29, 0.717) is 18.2 Å². The van der Waals surface area contributed by atoms with Crippen LogP contribution in [0.15, 0.2) is 12.4 Å². The lowest BCUT2D eigenvalue weighted by Crippen LogP contribution is -2.27. The quantitative estimate of drug-likeness (QED) is 0.685. The molecule has 1 heterocycles. The molecular weight excluding hydrogens is 222 g/mol. The minimum atomic E-state index is -1.10. The molecule has 6 heteroatoms. The maximum absolute atomic E-state index is 10.6. The molecule has 0 saturated carbocycles. The molecule has 1 unspecified atom stereocenters. The SMILES string of the molecule is CC(C)C(CCO)Nc1cnc(C(=O)O)cn1. The summed E-state index contributed by atoms with van der Waals surface area (Å²) in [4.78, 5) is 18.3. The predicted octanol–water partition coefficient (Wildman–Crippen LogP) is 0.994. The van der Waals surface area contributed by atoms with Crippen LogP contribution in [0.3, 0.4) is 0 Å². The zero-order valence-electron chi connectivity index (χ0n) is 9.92. The molecule has 1 aromatic heterocycles. The Morgan fingerprint density at radius 1 is 1.41 bits per heavy atom. The van der Waals surface area contributed by atoms with E-state index in [9.17, 15) is 4.79 Å². The second kappa shape index (κ2) is 6.15. The summed E-state index contributed by atoms with van der Waals surface area (Å²) in [6, 6.07) is 0.0879. The Labute approximate surface area is 99.7 Å². The first-order chi connectivity index (χ1) is 8.04. The van der Waals surface area contributed by atoms with Crippen LogP contribution in [0.1, 0.15) is 30.8 Å². The first-order valence-corrected chi connectivity index (χ1v) is 5.47. The van der Waals surface area contributed by atoms with Crippen LogP contribution in [0.25, 0.3) is 0 Å². The first kappa shape index (κ1) is 13.4. The van der Waals surface area contributed by atoms with E-state index in [-0.39, 0.29) is 18.3 Å². The molecule has 0 saturated heterocycles. The van der Waals surface area contributed by atoms with Gasteiger partial charge >= 0.3 is 5.97 Å². The summed E-state index contributed by atoms with van der Waals surface area (Å²) < 4.78 is 0. The summed E-state index contributed by atoms with van der Waals surface area (Å²) in [6.07, 6.45) is 3.21. The van der Waals surface area contributed by atoms with Crippen molar-refractivity contribution in [2.24, 2.45) is 5.92 Å². The zero-order valence-corrected chi connectivity index (χ0v) is 9.92. The Bertz CT molecular complexity index is 365. The fraction of sp³-hybridized carbons (Fsp3) is 0.545. The van der Waals surface area contributed by atoms with Crippen molar-refractivity contribution >= 4 is 11.8 Å². The van der Waals surface area contributed by atoms with Crippen LogP contribution >= 0.6 is 0 Å². The lowest BCUT2D eigenvalue weighted by Gasteiger charge is -2.21. The zero-order chi connectivity index (χ0) is 12.8. The summed E-state index contributed by atoms with van der Waals surface area (Å²) in [6.45, 7) is 4.16. The Hall–Kier alpha value is -1.69. The van der Waals surface area contributed by atoms with Crippen molar-refractivity contribution in [3.63, 3.8) is 0 Å². The van der Waals surface area contributed by atoms with E-state index in [1.165, 1.54) is 12.4 Å². The van der Waals surface area contributed by atoms with Crippen molar-refractivity contribution in [3.8, 4) is 0 Å². The molecule has 0 amide bonds. The summed E-state index contributed by atoms with van der Waals surface area (Å²) in [7, 11) is 0. The number of nitrogens with zero attached hydrogens (tertiary/aromatic N) is 2. The van der Waals surface area contributed by atoms with Gasteiger partial charge in [-0.2, -0.15) is 0 Å². The molecule has 1 atom stereocenters. The molecule has 0 aliphatic heterocycles. The van der Waals surface area contributed by atoms with Gasteiger partial charge in [0.25, 0.3) is 0 Å². The normalized spacial score (nSPS) is 12.5. The number of aliphatic hydroxyl groups excluding tert-OH is 1. The van der Waals surface area contributed by atoms with E-state index in [0.717, 1.165) is 0 Å². The van der Waals surface area contributed by atoms with Gasteiger partial charge in [0.05, 0.1) is 12.4 Å². The van der Waals surface area contributed by atoms with Crippen molar-refractivity contribution in [1.29, 1.82) is 0 Å². The number of nitrogens with one attached hydrogen (secondary N) is 1. The van der Waals surface area contributed by atoms with E-state index >= 15 is 0 Å². The number of carboxylic acid groups (broad SMARTS) is 1. The number of aromatic nitrogens is 2. The second-order valence-electron chi connectivity index (χ2n) is 4.10. The third-order valence-electron chi connectivity index (χ3n) is 2.45. The minimum absolute atomic E-state index is 0.0844. The molecule has 17 heavy (non-hydrogen) atoms. The first-order valence-electron chi connectivity index (χ1n) is 5.47. The summed E-state index contributed by atoms with van der Waals surface area (Å²) in [5.41, 5.74) is -0.0844. The fourth-order valence-electron chi connectivity index (χ4n) is 1.41. The highest BCUT2D eigenvalue weighted by atomic mass is 16.4. The highest BCUT2D eigenvalue weighted by molar-refractivity contribution is 5.84. The van der Waals surface area contributed by atoms with E-state index in [1.54, 1.807) is 0 Å². The largest absolute Gasteiger partial charge is 0.476 e. The van der Waals surface area contributed by atoms with Crippen molar-refractivity contribution in [1.82, 2.24) is 9.97 Å². The van der Waals surface area contributed by atoms with E-state index in [1.807, 2.05) is 13.8 Å². The van der Waals surface area contributed by atoms with Crippen molar-refractivity contribution in [2.75, 3.05) is 11.9 Å². The maximum Gasteiger partial charge on any atom is 0.356 e. The van der Waals surface area contributed by atoms with Crippen molar-refractivity contribution in [2.45, 2.75) is 26.3 Å². The maximum atomic E-state index is 10.6. The Morgan fingerprint density at radius 3 is 2.53 bits per heavy atom. The molecule has 3 N–H and O–H groups in total. The third kappa shape index (κ3) is 3.99. The molecule has 0 aromatic carbocycles. The van der Waals surface area contributed by atoms with Gasteiger partial charge in [-0.3, -0.25) is 0 Å². The van der Waals surface area contributed by atoms with Crippen LogP contribution in [0.4, 0.5) is 5.82 Å². The second-order valence-corrected chi connectivity index (χ2v) is 4.10. The number of aromatic carboxylic acids is 1. The fourth-order valence-corrected chi connectivity index (χ4v) is 1.41. The van der Waals surface area contributed by atoms with Crippen LogP contribution in [0.5, 0.6) is 0 Å². The van der Waals surface area contributed by atoms with E-state index in [4.69, 9.17) is 10.2 Å². The van der Waals surface area contributed by atoms with E-state index in [2.05, 4.69) is 15.3 Å². The average molecular weight is 239 g/mol. The lowest BCUT2D eigenvalue weighted by atomic mass is 10.0. The van der Waals surface area contributed by atoms with Crippen LogP contribution < -0.4 is 5.32 Å². The summed E-state index contributed by atoms with van der Waals surface area (Å²) in [5.74, 6) is -0.245. The molecule has 1 aromatic rings. The molecule has 1 rings (SSSR count). The van der Waals surface area contributed by atoms with Crippen LogP contribution in [0, 0.1) is 5.92 Å². The molecule has 0 bridgehead atoms. The number of hydrogen-bond acceptors (Lipinski definition) is 5. The molecule has 6 nitrogen and oxygen atoms in total. The predicted molar refractivity (Wildman–Crippen MR) is 62.9 cm³/mol. The van der Waals surface area contributed by atoms with Crippen molar-refractivity contribution < 1.29 is 15.0 Å². The lowest BCUT2D eigenvalue weighted by molar-refractivity contribution is 0.0690. The van der Waals surface area contributed by atoms with Gasteiger partial charge < -0.3 is 15.5 Å². The highest BCUT2D eigenvalue weighted by Crippen LogP contribution is 2.12. The smallest absolute Gasteiger partial charge is 0.356 e. The van der Waals surface area contributed by atoms with Gasteiger partial charge in [-0.25, -0.2) is 14.8 Å². The van der Waals surface area contributed by atoms with Gasteiger partial charge in [-0.15, -0.1) is 0 Å². The summed E-state index contributed by atoms with van der Waals surface area (Å²) in [5, 5.41) is 20.7. The Balaban J connectivity index is 2.69. The molecule has 94 valence electrons. The molecular formula is C11H17N3O3. The standard InChI is InChI=1S/C11H17N3O3/c1-7(2)8(3-4-15)14-10-6-12-9(5-13-10)11(16)17/h5-8,15H,3-4H2,1-2H3,(H,13,14)(H,16,17). The van der Waals surface area contributed by atoms with Crippen LogP contribution in [-0.2, 0) is 0 Å². The van der Waals surface area contributed by atoms with Crippen molar-refractivity contribution in [3.05, 3.63) is 18.1 Å². The van der Waals surface area contributed by atoms with Gasteiger partial charge in [0.2, 0.25) is 0 Å². The van der Waals surface area contributed by atoms with Gasteiger partial charge in [0, 0.05) is 12.6 Å². The molecule has 0 radical (unpaired) electrons. The van der Waals surface area contributed by atoms with Gasteiger partial charge in [-0.05, 0) is 12.3 Å². The van der Waals surface area contributed by atoms with Gasteiger partial charge in [-0.1, -0.05) is 13.8 Å². The Morgan fingerprint density at radius 2 is 2.12 bits per heavy atom. The van der Waals surface area contributed by atoms with Gasteiger partial charge in [0.15, 0.2) is 5.69 Å². The number of carboxylic acids is 1. The number of rotatable bonds is 6. The molecule has 0 fully saturated rings. The average Bonchev–Trinajstić information content (AvgIpc) is 2.29. The number of anilines is 1. The van der Waals surface area contributed by atoms with Crippen LogP contribution in [-0.4, -0.2) is 38.8 Å². The number of hydrogen-bond donors (Lipinski definition) is 3. The minimum Gasteiger partial charge on any atom is -0.476 e. The monoisotopic (exact) mass is 239 g/mol. The topological polar surface area (TPSA) is 95.3 Å². The highest BCUT2D eigenvalue weighted by Gasteiger charge is 2.13. The molecule has 0 aliphatic carbocycles. The Kier molecular flexibility index (Phi) is 4.84. The third-order valence-corrected chi connectivity index (χ3v) is 2.45. The van der Waals surface area contributed by atoms with Gasteiger partial charge in [0.1, 0.15) is 5.82 Å². The molecule has 0 aliphatic rings. The number of carbonyl (C=O) groups is 1. The van der Waals surface area contributed by atoms with Crippen LogP contribution in [0.2, 0.25) is 0 Å². The molecule has 0 spiro atoms. The summed E-state index contributed by atoms with van der Waals surface area (Å²) >= 11 is 0. The number of aliphatic hydroxyl groups is 1.